The number of pyridine rings is 1. The van der Waals surface area contributed by atoms with E-state index in [1.807, 2.05) is 24.3 Å². The summed E-state index contributed by atoms with van der Waals surface area (Å²) >= 11 is 0. The Bertz CT molecular complexity index is 1100. The fourth-order valence-electron chi connectivity index (χ4n) is 3.78. The summed E-state index contributed by atoms with van der Waals surface area (Å²) in [5, 5.41) is 16.6. The Morgan fingerprint density at radius 2 is 1.94 bits per heavy atom. The quantitative estimate of drug-likeness (QED) is 0.352. The maximum Gasteiger partial charge on any atom is 0.314 e. The molecule has 10 heteroatoms. The van der Waals surface area contributed by atoms with Gasteiger partial charge < -0.3 is 8.72 Å². The normalized spacial score (nSPS) is 15.5. The molecule has 1 fully saturated rings. The number of alkyl halides is 2. The van der Waals surface area contributed by atoms with Crippen LogP contribution in [0.1, 0.15) is 30.9 Å². The summed E-state index contributed by atoms with van der Waals surface area (Å²) in [5.74, 6) is 6.22. The summed E-state index contributed by atoms with van der Waals surface area (Å²) < 4.78 is 32.7. The van der Waals surface area contributed by atoms with Gasteiger partial charge in [-0.1, -0.05) is 47.4 Å². The molecule has 1 atom stereocenters. The number of hydrogen-bond donors (Lipinski definition) is 0. The molecule has 0 bridgehead atoms. The maximum atomic E-state index is 12.7. The molecule has 0 radical (unpaired) electrons. The molecule has 1 aliphatic rings. The van der Waals surface area contributed by atoms with Crippen LogP contribution in [0.25, 0.3) is 11.5 Å². The van der Waals surface area contributed by atoms with E-state index in [1.54, 1.807) is 12.3 Å². The zero-order valence-electron chi connectivity index (χ0n) is 17.4. The maximum absolute atomic E-state index is 12.7. The van der Waals surface area contributed by atoms with Crippen molar-refractivity contribution in [1.29, 1.82) is 5.26 Å². The number of nitrogens with zero attached hydrogens (tertiary/aromatic N) is 5. The molecule has 2 aromatic heterocycles. The molecule has 4 rings (SSSR count). The molecule has 6 nitrogen and oxygen atoms in total. The Labute approximate surface area is 188 Å². The van der Waals surface area contributed by atoms with E-state index in [2.05, 4.69) is 43.5 Å². The molecule has 1 saturated heterocycles. The molecule has 3 heterocycles. The summed E-state index contributed by atoms with van der Waals surface area (Å²) in [6.07, 6.45) is 2.57. The number of aromatic nitrogens is 3. The van der Waals surface area contributed by atoms with E-state index < -0.39 is 12.3 Å². The number of para-hydroxylation sites is 1. The van der Waals surface area contributed by atoms with E-state index in [4.69, 9.17) is 4.42 Å². The van der Waals surface area contributed by atoms with Crippen molar-refractivity contribution in [1.82, 2.24) is 15.2 Å². The van der Waals surface area contributed by atoms with Crippen LogP contribution in [-0.4, -0.2) is 33.0 Å². The average molecular weight is 453 g/mol. The van der Waals surface area contributed by atoms with Crippen molar-refractivity contribution >= 4 is 28.9 Å². The fourth-order valence-corrected chi connectivity index (χ4v) is 5.65. The lowest BCUT2D eigenvalue weighted by Crippen LogP contribution is -2.28. The highest BCUT2D eigenvalue weighted by Gasteiger charge is 2.28. The molecule has 32 heavy (non-hydrogen) atoms. The third-order valence-electron chi connectivity index (χ3n) is 5.57. The van der Waals surface area contributed by atoms with Crippen LogP contribution >= 0.6 is 10.7 Å². The Hall–Kier alpha value is -3.06. The van der Waals surface area contributed by atoms with Crippen LogP contribution < -0.4 is 4.31 Å². The van der Waals surface area contributed by atoms with Crippen molar-refractivity contribution in [3.63, 3.8) is 0 Å². The summed E-state index contributed by atoms with van der Waals surface area (Å²) in [5.41, 5.74) is 2.37. The van der Waals surface area contributed by atoms with E-state index in [1.165, 1.54) is 0 Å². The Morgan fingerprint density at radius 1 is 1.19 bits per heavy atom. The summed E-state index contributed by atoms with van der Waals surface area (Å²) in [7, 11) is -0.296. The molecular formula is C22H22BF2N5OS. The predicted octanol–water partition coefficient (Wildman–Crippen LogP) is 5.41. The van der Waals surface area contributed by atoms with Gasteiger partial charge in [-0.2, -0.15) is 8.78 Å². The number of halogens is 2. The van der Waals surface area contributed by atoms with Gasteiger partial charge >= 0.3 is 6.43 Å². The third kappa shape index (κ3) is 5.05. The highest BCUT2D eigenvalue weighted by atomic mass is 32.2. The minimum Gasteiger partial charge on any atom is -0.415 e. The third-order valence-corrected chi connectivity index (χ3v) is 7.72. The molecule has 0 aliphatic carbocycles. The summed E-state index contributed by atoms with van der Waals surface area (Å²) in [6, 6.07) is 13.7. The van der Waals surface area contributed by atoms with Crippen LogP contribution in [0.5, 0.6) is 0 Å². The lowest BCUT2D eigenvalue weighted by Gasteiger charge is -2.35. The predicted molar refractivity (Wildman–Crippen MR) is 124 cm³/mol. The number of nitriles is 1. The molecule has 1 aliphatic heterocycles. The van der Waals surface area contributed by atoms with Crippen LogP contribution in [-0.2, 0) is 6.54 Å². The molecule has 3 aromatic rings. The highest BCUT2D eigenvalue weighted by Crippen LogP contribution is 2.39. The van der Waals surface area contributed by atoms with Gasteiger partial charge in [0.15, 0.2) is 0 Å². The van der Waals surface area contributed by atoms with Crippen molar-refractivity contribution in [2.45, 2.75) is 43.7 Å². The summed E-state index contributed by atoms with van der Waals surface area (Å²) in [6.45, 7) is 0.708. The topological polar surface area (TPSA) is 78.8 Å². The number of hydrogen-bond acceptors (Lipinski definition) is 6. The smallest absolute Gasteiger partial charge is 0.314 e. The van der Waals surface area contributed by atoms with Crippen LogP contribution in [0.4, 0.5) is 14.5 Å². The first-order valence-corrected chi connectivity index (χ1v) is 11.8. The molecule has 1 aromatic carbocycles. The van der Waals surface area contributed by atoms with Crippen LogP contribution in [0, 0.1) is 11.2 Å². The van der Waals surface area contributed by atoms with Crippen LogP contribution in [0.15, 0.2) is 53.1 Å². The van der Waals surface area contributed by atoms with Gasteiger partial charge in [-0.15, -0.1) is 10.2 Å². The minimum absolute atomic E-state index is 0.0189. The van der Waals surface area contributed by atoms with E-state index in [0.29, 0.717) is 17.4 Å². The molecule has 0 saturated carbocycles. The average Bonchev–Trinajstić information content (AvgIpc) is 3.34. The zero-order chi connectivity index (χ0) is 22.5. The van der Waals surface area contributed by atoms with Gasteiger partial charge in [0.1, 0.15) is 0 Å². The summed E-state index contributed by atoms with van der Waals surface area (Å²) in [4.78, 5) is 4.50. The monoisotopic (exact) mass is 453 g/mol. The van der Waals surface area contributed by atoms with Crippen molar-refractivity contribution in [3.8, 4) is 17.4 Å². The van der Waals surface area contributed by atoms with Gasteiger partial charge in [-0.3, -0.25) is 4.98 Å². The van der Waals surface area contributed by atoms with Crippen LogP contribution in [0.2, 0.25) is 12.6 Å². The minimum atomic E-state index is -2.80. The number of rotatable bonds is 7. The van der Waals surface area contributed by atoms with Gasteiger partial charge in [0.2, 0.25) is 5.89 Å². The lowest BCUT2D eigenvalue weighted by atomic mass is 9.43. The van der Waals surface area contributed by atoms with Crippen molar-refractivity contribution in [2.75, 3.05) is 4.31 Å². The van der Waals surface area contributed by atoms with Gasteiger partial charge in [0.25, 0.3) is 12.6 Å². The van der Waals surface area contributed by atoms with Gasteiger partial charge in [0.05, 0.1) is 17.8 Å². The van der Waals surface area contributed by atoms with Crippen molar-refractivity contribution < 1.29 is 13.2 Å². The standard InChI is InChI=1S/C22H22BF2N5OS/c1-32(19-9-11-23(15-26)12-10-19)30(18-5-3-2-4-6-18)14-17-8-7-16(13-27-17)21-28-29-22(31-21)20(24)25/h2-8,13,19-20H,1,9-12,14H2. The van der Waals surface area contributed by atoms with Crippen molar-refractivity contribution in [3.05, 3.63) is 60.2 Å². The van der Waals surface area contributed by atoms with E-state index in [-0.39, 0.29) is 23.3 Å². The highest BCUT2D eigenvalue weighted by molar-refractivity contribution is 8.15. The first kappa shape index (κ1) is 22.2. The molecule has 164 valence electrons. The second-order valence-corrected chi connectivity index (χ2v) is 9.57. The number of anilines is 1. The molecular weight excluding hydrogens is 431 g/mol. The molecule has 1 unspecified atom stereocenters. The van der Waals surface area contributed by atoms with Gasteiger partial charge in [0, 0.05) is 23.1 Å². The second kappa shape index (κ2) is 10.0. The second-order valence-electron chi connectivity index (χ2n) is 7.66. The molecule has 0 N–H and O–H groups in total. The van der Waals surface area contributed by atoms with E-state index in [0.717, 1.165) is 36.9 Å². The largest absolute Gasteiger partial charge is 0.415 e. The van der Waals surface area contributed by atoms with Gasteiger partial charge in [-0.05, 0) is 37.1 Å². The number of benzene rings is 1. The first-order chi connectivity index (χ1) is 15.5. The zero-order valence-corrected chi connectivity index (χ0v) is 18.2. The van der Waals surface area contributed by atoms with Crippen LogP contribution in [0.3, 0.4) is 0 Å². The van der Waals surface area contributed by atoms with E-state index >= 15 is 0 Å². The van der Waals surface area contributed by atoms with E-state index in [9.17, 15) is 14.0 Å². The molecule has 0 amide bonds. The lowest BCUT2D eigenvalue weighted by molar-refractivity contribution is 0.116. The Morgan fingerprint density at radius 3 is 2.53 bits per heavy atom. The van der Waals surface area contributed by atoms with Crippen molar-refractivity contribution in [2.24, 2.45) is 0 Å². The molecule has 0 spiro atoms. The fraction of sp³-hybridized carbons (Fsp3) is 0.318. The Balaban J connectivity index is 1.52. The Kier molecular flexibility index (Phi) is 6.95. The van der Waals surface area contributed by atoms with Gasteiger partial charge in [-0.25, -0.2) is 5.26 Å². The SMILES string of the molecule is C=S(C1CCB(C#N)CC1)N(Cc1ccc(-c2nnc(C(F)F)o2)cn1)c1ccccc1. The first-order valence-electron chi connectivity index (χ1n) is 10.4.